The number of hydrogen-bond acceptors (Lipinski definition) is 7. The summed E-state index contributed by atoms with van der Waals surface area (Å²) in [5, 5.41) is 11.4. The lowest BCUT2D eigenvalue weighted by molar-refractivity contribution is -0.141. The van der Waals surface area contributed by atoms with Crippen LogP contribution in [0, 0.1) is 0 Å². The van der Waals surface area contributed by atoms with Crippen molar-refractivity contribution in [3.63, 3.8) is 0 Å². The lowest BCUT2D eigenvalue weighted by Crippen LogP contribution is -2.53. The molecule has 1 N–H and O–H groups in total. The third-order valence-electron chi connectivity index (χ3n) is 6.87. The van der Waals surface area contributed by atoms with Gasteiger partial charge in [-0.25, -0.2) is 0 Å². The van der Waals surface area contributed by atoms with E-state index in [1.165, 1.54) is 24.6 Å². The van der Waals surface area contributed by atoms with E-state index in [9.17, 15) is 13.2 Å². The van der Waals surface area contributed by atoms with Gasteiger partial charge in [0.1, 0.15) is 18.1 Å². The molecule has 5 rings (SSSR count). The van der Waals surface area contributed by atoms with Crippen molar-refractivity contribution in [3.8, 4) is 5.88 Å². The molecule has 2 bridgehead atoms. The fourth-order valence-corrected chi connectivity index (χ4v) is 4.94. The number of piperazine rings is 1. The van der Waals surface area contributed by atoms with Crippen molar-refractivity contribution in [1.29, 1.82) is 0 Å². The van der Waals surface area contributed by atoms with E-state index in [1.807, 2.05) is 0 Å². The molecule has 3 aromatic rings. The van der Waals surface area contributed by atoms with E-state index >= 15 is 0 Å². The molecule has 7 nitrogen and oxygen atoms in total. The number of alkyl halides is 3. The number of rotatable bonds is 8. The van der Waals surface area contributed by atoms with Crippen LogP contribution < -0.4 is 15.0 Å². The van der Waals surface area contributed by atoms with Crippen molar-refractivity contribution >= 4 is 11.5 Å². The number of nitrogens with zero attached hydrogens (tertiary/aromatic N) is 5. The van der Waals surface area contributed by atoms with Gasteiger partial charge >= 0.3 is 6.18 Å². The second-order valence-corrected chi connectivity index (χ2v) is 9.55. The van der Waals surface area contributed by atoms with Gasteiger partial charge in [0.15, 0.2) is 0 Å². The molecular weight excluding hydrogens is 481 g/mol. The molecule has 37 heavy (non-hydrogen) atoms. The van der Waals surface area contributed by atoms with Gasteiger partial charge in [-0.05, 0) is 49.6 Å². The van der Waals surface area contributed by atoms with E-state index < -0.39 is 11.9 Å². The van der Waals surface area contributed by atoms with Crippen molar-refractivity contribution in [1.82, 2.24) is 20.1 Å². The quantitative estimate of drug-likeness (QED) is 0.443. The van der Waals surface area contributed by atoms with E-state index in [0.29, 0.717) is 30.0 Å². The van der Waals surface area contributed by atoms with Crippen LogP contribution in [0.1, 0.15) is 36.6 Å². The van der Waals surface area contributed by atoms with Gasteiger partial charge in [-0.2, -0.15) is 13.2 Å². The molecule has 2 aliphatic heterocycles. The molecule has 0 saturated carbocycles. The molecule has 2 aliphatic rings. The zero-order valence-electron chi connectivity index (χ0n) is 20.6. The highest BCUT2D eigenvalue weighted by molar-refractivity contribution is 5.52. The fourth-order valence-electron chi connectivity index (χ4n) is 4.94. The number of pyridine rings is 1. The number of likely N-dealkylation sites (tertiary alicyclic amines) is 1. The van der Waals surface area contributed by atoms with Crippen molar-refractivity contribution in [2.45, 2.75) is 51.2 Å². The summed E-state index contributed by atoms with van der Waals surface area (Å²) in [6.07, 6.45) is -0.880. The van der Waals surface area contributed by atoms with Gasteiger partial charge in [-0.1, -0.05) is 24.8 Å². The number of ether oxygens (including phenoxy) is 1. The van der Waals surface area contributed by atoms with Crippen LogP contribution in [0.4, 0.5) is 24.7 Å². The predicted molar refractivity (Wildman–Crippen MR) is 135 cm³/mol. The summed E-state index contributed by atoms with van der Waals surface area (Å²) in [5.74, 6) is 0.873. The second-order valence-electron chi connectivity index (χ2n) is 9.55. The molecule has 0 amide bonds. The summed E-state index contributed by atoms with van der Waals surface area (Å²) in [5.41, 5.74) is 3.12. The van der Waals surface area contributed by atoms with Gasteiger partial charge in [0, 0.05) is 60.9 Å². The molecule has 0 aliphatic carbocycles. The van der Waals surface area contributed by atoms with Crippen LogP contribution in [0.5, 0.6) is 5.88 Å². The summed E-state index contributed by atoms with van der Waals surface area (Å²) < 4.78 is 43.4. The van der Waals surface area contributed by atoms with Gasteiger partial charge in [0.05, 0.1) is 0 Å². The Labute approximate surface area is 214 Å². The molecular formula is C27H29F3N6O. The number of nitrogens with one attached hydrogen (secondary N) is 1. The lowest BCUT2D eigenvalue weighted by Gasteiger charge is -2.43. The van der Waals surface area contributed by atoms with Gasteiger partial charge in [-0.3, -0.25) is 4.98 Å². The number of anilines is 2. The normalized spacial score (nSPS) is 19.1. The van der Waals surface area contributed by atoms with Gasteiger partial charge in [0.25, 0.3) is 0 Å². The second kappa shape index (κ2) is 10.3. The van der Waals surface area contributed by atoms with Crippen LogP contribution >= 0.6 is 0 Å². The van der Waals surface area contributed by atoms with E-state index in [-0.39, 0.29) is 12.5 Å². The Balaban J connectivity index is 1.11. The number of aromatic nitrogens is 3. The highest BCUT2D eigenvalue weighted by Crippen LogP contribution is 2.36. The third-order valence-corrected chi connectivity index (χ3v) is 6.87. The third kappa shape index (κ3) is 5.79. The molecule has 10 heteroatoms. The number of allylic oxidation sites excluding steroid dienone is 1. The van der Waals surface area contributed by atoms with Crippen LogP contribution in [-0.2, 0) is 19.3 Å². The first-order valence-corrected chi connectivity index (χ1v) is 12.3. The topological polar surface area (TPSA) is 66.4 Å². The van der Waals surface area contributed by atoms with Crippen LogP contribution in [0.15, 0.2) is 67.0 Å². The first-order chi connectivity index (χ1) is 17.8. The average Bonchev–Trinajstić information content (AvgIpc) is 3.15. The summed E-state index contributed by atoms with van der Waals surface area (Å²) in [7, 11) is 0. The van der Waals surface area contributed by atoms with Crippen LogP contribution in [0.3, 0.4) is 0 Å². The van der Waals surface area contributed by atoms with Crippen molar-refractivity contribution in [3.05, 3.63) is 83.8 Å². The number of benzene rings is 1. The van der Waals surface area contributed by atoms with Crippen LogP contribution in [-0.4, -0.2) is 45.3 Å². The lowest BCUT2D eigenvalue weighted by atomic mass is 10.1. The largest absolute Gasteiger partial charge is 0.472 e. The number of hydrogen-bond donors (Lipinski definition) is 1. The van der Waals surface area contributed by atoms with Crippen LogP contribution in [0.2, 0.25) is 0 Å². The number of halogens is 3. The van der Waals surface area contributed by atoms with Gasteiger partial charge in [-0.15, -0.1) is 10.2 Å². The maximum Gasteiger partial charge on any atom is 0.433 e. The van der Waals surface area contributed by atoms with Gasteiger partial charge in [0.2, 0.25) is 5.88 Å². The van der Waals surface area contributed by atoms with Crippen molar-refractivity contribution in [2.75, 3.05) is 23.3 Å². The van der Waals surface area contributed by atoms with Gasteiger partial charge < -0.3 is 19.9 Å². The molecule has 1 aromatic carbocycles. The maximum atomic E-state index is 12.6. The van der Waals surface area contributed by atoms with E-state index in [0.717, 1.165) is 36.6 Å². The first-order valence-electron chi connectivity index (χ1n) is 12.3. The summed E-state index contributed by atoms with van der Waals surface area (Å²) in [4.78, 5) is 8.40. The minimum atomic E-state index is -4.46. The van der Waals surface area contributed by atoms with E-state index in [4.69, 9.17) is 4.74 Å². The molecule has 0 radical (unpaired) electrons. The Hall–Kier alpha value is -3.82. The minimum Gasteiger partial charge on any atom is -0.472 e. The highest BCUT2D eigenvalue weighted by Gasteiger charge is 2.39. The van der Waals surface area contributed by atoms with Crippen molar-refractivity contribution in [2.24, 2.45) is 0 Å². The van der Waals surface area contributed by atoms with E-state index in [1.54, 1.807) is 12.1 Å². The Bertz CT molecular complexity index is 1200. The highest BCUT2D eigenvalue weighted by atomic mass is 19.4. The molecule has 2 atom stereocenters. The Kier molecular flexibility index (Phi) is 6.90. The zero-order chi connectivity index (χ0) is 26.0. The smallest absolute Gasteiger partial charge is 0.433 e. The van der Waals surface area contributed by atoms with Crippen molar-refractivity contribution < 1.29 is 17.9 Å². The van der Waals surface area contributed by atoms with E-state index in [2.05, 4.69) is 68.1 Å². The Morgan fingerprint density at radius 2 is 1.70 bits per heavy atom. The Morgan fingerprint density at radius 1 is 1.00 bits per heavy atom. The molecule has 194 valence electrons. The maximum absolute atomic E-state index is 12.6. The molecule has 2 fully saturated rings. The Morgan fingerprint density at radius 3 is 2.27 bits per heavy atom. The first kappa shape index (κ1) is 24.9. The molecule has 4 heterocycles. The average molecular weight is 511 g/mol. The zero-order valence-corrected chi connectivity index (χ0v) is 20.6. The SMILES string of the molecule is C=C(C)N1CC2CCC(C1)N2c1ccc(CNc2ccc(OCc3ccc(C(F)(F)F)nc3)nn2)cc1. The predicted octanol–water partition coefficient (Wildman–Crippen LogP) is 5.27. The summed E-state index contributed by atoms with van der Waals surface area (Å²) in [6.45, 7) is 8.92. The van der Waals surface area contributed by atoms with Crippen LogP contribution in [0.25, 0.3) is 0 Å². The monoisotopic (exact) mass is 510 g/mol. The molecule has 2 aromatic heterocycles. The number of fused-ring (bicyclic) bond motifs is 2. The summed E-state index contributed by atoms with van der Waals surface area (Å²) in [6, 6.07) is 15.4. The summed E-state index contributed by atoms with van der Waals surface area (Å²) >= 11 is 0. The minimum absolute atomic E-state index is 0.0445. The molecule has 0 spiro atoms. The molecule has 2 unspecified atom stereocenters. The fraction of sp³-hybridized carbons (Fsp3) is 0.370. The standard InChI is InChI=1S/C27H29F3N6O/c1-18(2)35-15-22-8-9-23(16-35)36(22)21-6-3-19(4-7-21)13-32-25-11-12-26(34-33-25)37-17-20-5-10-24(31-14-20)27(28,29)30/h3-7,10-12,14,22-23H,1,8-9,13,15-17H2,2H3,(H,32,33). The molecule has 2 saturated heterocycles.